The fraction of sp³-hybridized carbons (Fsp3) is 0.0588. The molecule has 0 aliphatic carbocycles. The summed E-state index contributed by atoms with van der Waals surface area (Å²) >= 11 is 11.8. The fourth-order valence-corrected chi connectivity index (χ4v) is 2.23. The molecule has 0 fully saturated rings. The van der Waals surface area contributed by atoms with Crippen LogP contribution in [0.15, 0.2) is 60.2 Å². The van der Waals surface area contributed by atoms with E-state index in [9.17, 15) is 4.79 Å². The summed E-state index contributed by atoms with van der Waals surface area (Å²) in [5.41, 5.74) is 3.50. The van der Waals surface area contributed by atoms with Crippen LogP contribution in [0.5, 0.6) is 5.75 Å². The van der Waals surface area contributed by atoms with E-state index in [4.69, 9.17) is 27.9 Å². The molecule has 2 rings (SSSR count). The maximum absolute atomic E-state index is 12.0. The van der Waals surface area contributed by atoms with E-state index >= 15 is 0 Å². The van der Waals surface area contributed by atoms with Gasteiger partial charge in [-0.15, -0.1) is 0 Å². The second kappa shape index (κ2) is 8.36. The molecule has 2 aromatic rings. The Hall–Kier alpha value is -2.30. The summed E-state index contributed by atoms with van der Waals surface area (Å²) in [6, 6.07) is 11.9. The van der Waals surface area contributed by atoms with E-state index in [2.05, 4.69) is 17.1 Å². The van der Waals surface area contributed by atoms with Crippen LogP contribution in [0.25, 0.3) is 0 Å². The number of hydrogen-bond acceptors (Lipinski definition) is 3. The smallest absolute Gasteiger partial charge is 0.272 e. The van der Waals surface area contributed by atoms with Gasteiger partial charge in [0, 0.05) is 5.02 Å². The minimum atomic E-state index is -0.415. The Balaban J connectivity index is 2.00. The van der Waals surface area contributed by atoms with Crippen molar-refractivity contribution < 1.29 is 9.53 Å². The van der Waals surface area contributed by atoms with Crippen LogP contribution in [-0.4, -0.2) is 18.7 Å². The van der Waals surface area contributed by atoms with Gasteiger partial charge < -0.3 is 4.74 Å². The van der Waals surface area contributed by atoms with Gasteiger partial charge in [0.15, 0.2) is 0 Å². The van der Waals surface area contributed by atoms with Crippen LogP contribution in [0.3, 0.4) is 0 Å². The molecule has 0 atom stereocenters. The molecule has 0 unspecified atom stereocenters. The lowest BCUT2D eigenvalue weighted by atomic mass is 10.2. The molecule has 0 spiro atoms. The third kappa shape index (κ3) is 5.13. The average Bonchev–Trinajstić information content (AvgIpc) is 2.53. The molecule has 0 aliphatic rings. The van der Waals surface area contributed by atoms with Gasteiger partial charge in [-0.2, -0.15) is 5.10 Å². The highest BCUT2D eigenvalue weighted by Gasteiger charge is 2.09. The molecule has 0 saturated carbocycles. The molecule has 0 aromatic heterocycles. The Labute approximate surface area is 144 Å². The van der Waals surface area contributed by atoms with Crippen LogP contribution in [0.4, 0.5) is 0 Å². The normalized spacial score (nSPS) is 10.5. The molecule has 0 radical (unpaired) electrons. The number of benzene rings is 2. The molecule has 2 aromatic carbocycles. The van der Waals surface area contributed by atoms with Crippen LogP contribution >= 0.6 is 23.2 Å². The van der Waals surface area contributed by atoms with E-state index in [1.165, 1.54) is 12.3 Å². The number of nitrogens with one attached hydrogen (secondary N) is 1. The van der Waals surface area contributed by atoms with Gasteiger partial charge in [-0.25, -0.2) is 5.43 Å². The van der Waals surface area contributed by atoms with Crippen molar-refractivity contribution in [3.63, 3.8) is 0 Å². The van der Waals surface area contributed by atoms with Crippen molar-refractivity contribution in [2.24, 2.45) is 5.10 Å². The van der Waals surface area contributed by atoms with E-state index in [0.717, 1.165) is 5.56 Å². The SMILES string of the molecule is C=CCOc1cccc(/C=N/NC(=O)c2ccc(Cl)cc2Cl)c1. The lowest BCUT2D eigenvalue weighted by Gasteiger charge is -2.04. The van der Waals surface area contributed by atoms with Crippen molar-refractivity contribution in [1.82, 2.24) is 5.43 Å². The molecule has 1 N–H and O–H groups in total. The second-order valence-corrected chi connectivity index (χ2v) is 5.34. The zero-order valence-corrected chi connectivity index (χ0v) is 13.6. The topological polar surface area (TPSA) is 50.7 Å². The summed E-state index contributed by atoms with van der Waals surface area (Å²) in [6.07, 6.45) is 3.18. The summed E-state index contributed by atoms with van der Waals surface area (Å²) in [4.78, 5) is 12.0. The monoisotopic (exact) mass is 348 g/mol. The fourth-order valence-electron chi connectivity index (χ4n) is 1.74. The number of halogens is 2. The molecule has 0 saturated heterocycles. The number of nitrogens with zero attached hydrogens (tertiary/aromatic N) is 1. The zero-order valence-electron chi connectivity index (χ0n) is 12.1. The van der Waals surface area contributed by atoms with E-state index < -0.39 is 5.91 Å². The summed E-state index contributed by atoms with van der Waals surface area (Å²) in [7, 11) is 0. The number of ether oxygens (including phenoxy) is 1. The van der Waals surface area contributed by atoms with Gasteiger partial charge >= 0.3 is 0 Å². The maximum atomic E-state index is 12.0. The van der Waals surface area contributed by atoms with Gasteiger partial charge in [0.05, 0.1) is 16.8 Å². The Morgan fingerprint density at radius 1 is 1.26 bits per heavy atom. The number of carbonyl (C=O) groups excluding carboxylic acids is 1. The van der Waals surface area contributed by atoms with Gasteiger partial charge in [-0.1, -0.05) is 48.0 Å². The number of carbonyl (C=O) groups is 1. The van der Waals surface area contributed by atoms with Gasteiger partial charge in [0.2, 0.25) is 0 Å². The number of rotatable bonds is 6. The first kappa shape index (κ1) is 17.1. The Morgan fingerprint density at radius 2 is 2.09 bits per heavy atom. The highest BCUT2D eigenvalue weighted by atomic mass is 35.5. The van der Waals surface area contributed by atoms with Crippen LogP contribution in [0.1, 0.15) is 15.9 Å². The lowest BCUT2D eigenvalue weighted by molar-refractivity contribution is 0.0955. The van der Waals surface area contributed by atoms with Gasteiger partial charge in [0.25, 0.3) is 5.91 Å². The van der Waals surface area contributed by atoms with Crippen molar-refractivity contribution in [2.75, 3.05) is 6.61 Å². The molecule has 0 aliphatic heterocycles. The average molecular weight is 349 g/mol. The summed E-state index contributed by atoms with van der Waals surface area (Å²) < 4.78 is 5.42. The molecule has 4 nitrogen and oxygen atoms in total. The van der Waals surface area contributed by atoms with E-state index in [1.54, 1.807) is 24.3 Å². The minimum Gasteiger partial charge on any atom is -0.490 e. The Morgan fingerprint density at radius 3 is 2.83 bits per heavy atom. The molecule has 23 heavy (non-hydrogen) atoms. The highest BCUT2D eigenvalue weighted by Crippen LogP contribution is 2.20. The van der Waals surface area contributed by atoms with Crippen molar-refractivity contribution in [3.05, 3.63) is 76.3 Å². The van der Waals surface area contributed by atoms with Crippen LogP contribution in [-0.2, 0) is 0 Å². The minimum absolute atomic E-state index is 0.269. The Bertz CT molecular complexity index is 745. The molecular weight excluding hydrogens is 335 g/mol. The van der Waals surface area contributed by atoms with E-state index in [0.29, 0.717) is 22.9 Å². The first-order valence-corrected chi connectivity index (χ1v) is 7.48. The lowest BCUT2D eigenvalue weighted by Crippen LogP contribution is -2.18. The zero-order chi connectivity index (χ0) is 16.7. The van der Waals surface area contributed by atoms with Gasteiger partial charge in [0.1, 0.15) is 12.4 Å². The summed E-state index contributed by atoms with van der Waals surface area (Å²) in [6.45, 7) is 4.01. The predicted octanol–water partition coefficient (Wildman–Crippen LogP) is 4.32. The predicted molar refractivity (Wildman–Crippen MR) is 93.7 cm³/mol. The van der Waals surface area contributed by atoms with Crippen molar-refractivity contribution >= 4 is 35.3 Å². The quantitative estimate of drug-likeness (QED) is 0.480. The summed E-state index contributed by atoms with van der Waals surface area (Å²) in [5.74, 6) is 0.280. The molecule has 1 amide bonds. The van der Waals surface area contributed by atoms with Crippen molar-refractivity contribution in [1.29, 1.82) is 0 Å². The highest BCUT2D eigenvalue weighted by molar-refractivity contribution is 6.36. The maximum Gasteiger partial charge on any atom is 0.272 e. The first-order chi connectivity index (χ1) is 11.1. The second-order valence-electron chi connectivity index (χ2n) is 4.50. The molecule has 0 bridgehead atoms. The third-order valence-corrected chi connectivity index (χ3v) is 3.33. The van der Waals surface area contributed by atoms with E-state index in [-0.39, 0.29) is 5.02 Å². The number of amides is 1. The van der Waals surface area contributed by atoms with E-state index in [1.807, 2.05) is 18.2 Å². The first-order valence-electron chi connectivity index (χ1n) is 6.72. The van der Waals surface area contributed by atoms with Gasteiger partial charge in [-0.05, 0) is 35.9 Å². The molecule has 6 heteroatoms. The number of hydrazone groups is 1. The van der Waals surface area contributed by atoms with Gasteiger partial charge in [-0.3, -0.25) is 4.79 Å². The molecule has 0 heterocycles. The molecule has 118 valence electrons. The summed E-state index contributed by atoms with van der Waals surface area (Å²) in [5, 5.41) is 4.64. The van der Waals surface area contributed by atoms with Crippen molar-refractivity contribution in [2.45, 2.75) is 0 Å². The Kier molecular flexibility index (Phi) is 6.20. The van der Waals surface area contributed by atoms with Crippen LogP contribution < -0.4 is 10.2 Å². The van der Waals surface area contributed by atoms with Crippen LogP contribution in [0, 0.1) is 0 Å². The molecular formula is C17H14Cl2N2O2. The largest absolute Gasteiger partial charge is 0.490 e. The number of hydrogen-bond donors (Lipinski definition) is 1. The van der Waals surface area contributed by atoms with Crippen LogP contribution in [0.2, 0.25) is 10.0 Å². The van der Waals surface area contributed by atoms with Crippen molar-refractivity contribution in [3.8, 4) is 5.75 Å². The third-order valence-electron chi connectivity index (χ3n) is 2.78. The standard InChI is InChI=1S/C17H14Cl2N2O2/c1-2-8-23-14-5-3-4-12(9-14)11-20-21-17(22)15-7-6-13(18)10-16(15)19/h2-7,9-11H,1,8H2,(H,21,22)/b20-11+.